The average molecular weight is 262 g/mol. The van der Waals surface area contributed by atoms with Crippen molar-refractivity contribution in [2.45, 2.75) is 12.8 Å². The molecule has 0 bridgehead atoms. The quantitative estimate of drug-likeness (QED) is 0.678. The van der Waals surface area contributed by atoms with Gasteiger partial charge in [0.25, 0.3) is 5.69 Å². The lowest BCUT2D eigenvalue weighted by atomic mass is 10.0. The number of non-ortho nitro benzene ring substituents is 1. The molecular weight excluding hydrogens is 248 g/mol. The fraction of sp³-hybridized carbons (Fsp3) is 0.231. The Bertz CT molecular complexity index is 566. The third-order valence-corrected chi connectivity index (χ3v) is 3.88. The van der Waals surface area contributed by atoms with Crippen molar-refractivity contribution in [2.75, 3.05) is 6.54 Å². The van der Waals surface area contributed by atoms with Crippen LogP contribution in [0.5, 0.6) is 0 Å². The summed E-state index contributed by atoms with van der Waals surface area (Å²) in [6, 6.07) is 8.75. The molecule has 4 nitrogen and oxygen atoms in total. The predicted octanol–water partition coefficient (Wildman–Crippen LogP) is 3.39. The van der Waals surface area contributed by atoms with Crippen LogP contribution in [0.1, 0.15) is 18.4 Å². The molecule has 2 N–H and O–H groups in total. The molecule has 0 spiro atoms. The molecule has 0 saturated carbocycles. The van der Waals surface area contributed by atoms with Gasteiger partial charge in [0.1, 0.15) is 0 Å². The highest BCUT2D eigenvalue weighted by Gasteiger charge is 2.11. The molecule has 0 aliphatic carbocycles. The normalized spacial score (nSPS) is 12.3. The SMILES string of the molecule is CC(CN)c1csc(-c2cccc([N+](=O)[O-])c2)c1. The second kappa shape index (κ2) is 5.29. The zero-order valence-corrected chi connectivity index (χ0v) is 10.8. The largest absolute Gasteiger partial charge is 0.330 e. The number of nitrogens with zero attached hydrogens (tertiary/aromatic N) is 1. The van der Waals surface area contributed by atoms with E-state index in [1.54, 1.807) is 23.5 Å². The van der Waals surface area contributed by atoms with Gasteiger partial charge in [-0.25, -0.2) is 0 Å². The maximum absolute atomic E-state index is 10.7. The van der Waals surface area contributed by atoms with Crippen molar-refractivity contribution in [2.24, 2.45) is 5.73 Å². The summed E-state index contributed by atoms with van der Waals surface area (Å²) in [6.07, 6.45) is 0. The Kier molecular flexibility index (Phi) is 3.74. The van der Waals surface area contributed by atoms with Gasteiger partial charge in [-0.05, 0) is 35.0 Å². The Hall–Kier alpha value is -1.72. The minimum Gasteiger partial charge on any atom is -0.330 e. The van der Waals surface area contributed by atoms with Gasteiger partial charge in [-0.2, -0.15) is 0 Å². The highest BCUT2D eigenvalue weighted by atomic mass is 32.1. The number of hydrogen-bond donors (Lipinski definition) is 1. The van der Waals surface area contributed by atoms with E-state index in [2.05, 4.69) is 18.4 Å². The van der Waals surface area contributed by atoms with E-state index in [-0.39, 0.29) is 10.6 Å². The molecule has 1 atom stereocenters. The average Bonchev–Trinajstić information content (AvgIpc) is 2.87. The first-order chi connectivity index (χ1) is 8.61. The molecule has 5 heteroatoms. The topological polar surface area (TPSA) is 69.2 Å². The first-order valence-corrected chi connectivity index (χ1v) is 6.53. The van der Waals surface area contributed by atoms with Gasteiger partial charge in [-0.3, -0.25) is 10.1 Å². The molecule has 18 heavy (non-hydrogen) atoms. The van der Waals surface area contributed by atoms with Gasteiger partial charge in [-0.15, -0.1) is 11.3 Å². The number of nitro benzene ring substituents is 1. The summed E-state index contributed by atoms with van der Waals surface area (Å²) in [7, 11) is 0. The van der Waals surface area contributed by atoms with Crippen molar-refractivity contribution in [3.05, 3.63) is 51.4 Å². The van der Waals surface area contributed by atoms with Gasteiger partial charge < -0.3 is 5.73 Å². The van der Waals surface area contributed by atoms with Gasteiger partial charge in [-0.1, -0.05) is 19.1 Å². The Morgan fingerprint density at radius 1 is 1.44 bits per heavy atom. The lowest BCUT2D eigenvalue weighted by Gasteiger charge is -2.03. The Balaban J connectivity index is 2.34. The summed E-state index contributed by atoms with van der Waals surface area (Å²) in [5.41, 5.74) is 7.81. The van der Waals surface area contributed by atoms with Crippen molar-refractivity contribution in [3.63, 3.8) is 0 Å². The fourth-order valence-corrected chi connectivity index (χ4v) is 2.70. The van der Waals surface area contributed by atoms with Gasteiger partial charge >= 0.3 is 0 Å². The van der Waals surface area contributed by atoms with Gasteiger partial charge in [0.05, 0.1) is 4.92 Å². The zero-order valence-electron chi connectivity index (χ0n) is 10.00. The molecule has 94 valence electrons. The molecule has 0 amide bonds. The standard InChI is InChI=1S/C13H14N2O2S/c1-9(7-14)11-6-13(18-8-11)10-3-2-4-12(5-10)15(16)17/h2-6,8-9H,7,14H2,1H3. The van der Waals surface area contributed by atoms with E-state index in [0.717, 1.165) is 10.4 Å². The van der Waals surface area contributed by atoms with E-state index >= 15 is 0 Å². The van der Waals surface area contributed by atoms with E-state index in [0.29, 0.717) is 12.5 Å². The molecule has 2 aromatic rings. The first kappa shape index (κ1) is 12.7. The molecule has 2 rings (SSSR count). The lowest BCUT2D eigenvalue weighted by Crippen LogP contribution is -2.07. The molecule has 0 aliphatic rings. The minimum absolute atomic E-state index is 0.120. The van der Waals surface area contributed by atoms with Crippen LogP contribution in [-0.2, 0) is 0 Å². The molecule has 1 aromatic carbocycles. The third-order valence-electron chi connectivity index (χ3n) is 2.88. The van der Waals surface area contributed by atoms with Crippen LogP contribution in [0.3, 0.4) is 0 Å². The Morgan fingerprint density at radius 2 is 2.22 bits per heavy atom. The molecule has 1 heterocycles. The van der Waals surface area contributed by atoms with Crippen LogP contribution in [0.25, 0.3) is 10.4 Å². The summed E-state index contributed by atoms with van der Waals surface area (Å²) < 4.78 is 0. The summed E-state index contributed by atoms with van der Waals surface area (Å²) in [5, 5.41) is 12.8. The number of rotatable bonds is 4. The molecule has 0 saturated heterocycles. The molecular formula is C13H14N2O2S. The maximum Gasteiger partial charge on any atom is 0.270 e. The number of nitro groups is 1. The van der Waals surface area contributed by atoms with Gasteiger partial charge in [0.15, 0.2) is 0 Å². The van der Waals surface area contributed by atoms with E-state index in [4.69, 9.17) is 5.73 Å². The molecule has 0 fully saturated rings. The third kappa shape index (κ3) is 2.57. The van der Waals surface area contributed by atoms with Gasteiger partial charge in [0, 0.05) is 17.0 Å². The number of hydrogen-bond acceptors (Lipinski definition) is 4. The van der Waals surface area contributed by atoms with Crippen molar-refractivity contribution in [1.29, 1.82) is 0 Å². The van der Waals surface area contributed by atoms with Crippen LogP contribution < -0.4 is 5.73 Å². The monoisotopic (exact) mass is 262 g/mol. The Morgan fingerprint density at radius 3 is 2.89 bits per heavy atom. The molecule has 1 aromatic heterocycles. The highest BCUT2D eigenvalue weighted by Crippen LogP contribution is 2.31. The lowest BCUT2D eigenvalue weighted by molar-refractivity contribution is -0.384. The van der Waals surface area contributed by atoms with Crippen molar-refractivity contribution in [3.8, 4) is 10.4 Å². The van der Waals surface area contributed by atoms with Crippen molar-refractivity contribution < 1.29 is 4.92 Å². The maximum atomic E-state index is 10.7. The summed E-state index contributed by atoms with van der Waals surface area (Å²) >= 11 is 1.59. The van der Waals surface area contributed by atoms with E-state index in [1.807, 2.05) is 6.07 Å². The number of benzene rings is 1. The second-order valence-electron chi connectivity index (χ2n) is 4.19. The minimum atomic E-state index is -0.374. The van der Waals surface area contributed by atoms with Gasteiger partial charge in [0.2, 0.25) is 0 Å². The molecule has 0 radical (unpaired) electrons. The van der Waals surface area contributed by atoms with E-state index < -0.39 is 0 Å². The predicted molar refractivity (Wildman–Crippen MR) is 73.9 cm³/mol. The van der Waals surface area contributed by atoms with Crippen LogP contribution in [0.4, 0.5) is 5.69 Å². The van der Waals surface area contributed by atoms with Crippen molar-refractivity contribution >= 4 is 17.0 Å². The number of thiophene rings is 1. The fourth-order valence-electron chi connectivity index (χ4n) is 1.67. The van der Waals surface area contributed by atoms with Crippen LogP contribution in [0.2, 0.25) is 0 Å². The summed E-state index contributed by atoms with van der Waals surface area (Å²) in [5.74, 6) is 0.314. The van der Waals surface area contributed by atoms with Crippen LogP contribution in [0.15, 0.2) is 35.7 Å². The smallest absolute Gasteiger partial charge is 0.270 e. The first-order valence-electron chi connectivity index (χ1n) is 5.65. The van der Waals surface area contributed by atoms with Crippen molar-refractivity contribution in [1.82, 2.24) is 0 Å². The molecule has 0 aliphatic heterocycles. The zero-order chi connectivity index (χ0) is 13.1. The van der Waals surface area contributed by atoms with E-state index in [1.165, 1.54) is 11.6 Å². The summed E-state index contributed by atoms with van der Waals surface area (Å²) in [4.78, 5) is 11.4. The van der Waals surface area contributed by atoms with Crippen LogP contribution in [0, 0.1) is 10.1 Å². The highest BCUT2D eigenvalue weighted by molar-refractivity contribution is 7.13. The number of nitrogens with two attached hydrogens (primary N) is 1. The molecule has 1 unspecified atom stereocenters. The van der Waals surface area contributed by atoms with Crippen LogP contribution >= 0.6 is 11.3 Å². The second-order valence-corrected chi connectivity index (χ2v) is 5.10. The van der Waals surface area contributed by atoms with Crippen LogP contribution in [-0.4, -0.2) is 11.5 Å². The Labute approximate surface area is 109 Å². The van der Waals surface area contributed by atoms with E-state index in [9.17, 15) is 10.1 Å². The summed E-state index contributed by atoms with van der Waals surface area (Å²) in [6.45, 7) is 2.67.